The molecule has 1 aliphatic carbocycles. The van der Waals surface area contributed by atoms with Gasteiger partial charge in [-0.05, 0) is 56.8 Å². The number of ether oxygens (including phenoxy) is 3. The van der Waals surface area contributed by atoms with Gasteiger partial charge in [0.05, 0.1) is 7.11 Å². The van der Waals surface area contributed by atoms with Gasteiger partial charge >= 0.3 is 5.97 Å². The number of hydrogen-bond acceptors (Lipinski definition) is 5. The van der Waals surface area contributed by atoms with E-state index in [0.29, 0.717) is 12.3 Å². The first-order valence-electron chi connectivity index (χ1n) is 11.2. The second-order valence-electron chi connectivity index (χ2n) is 9.20. The van der Waals surface area contributed by atoms with Gasteiger partial charge in [-0.15, -0.1) is 0 Å². The smallest absolute Gasteiger partial charge is 0.306 e. The molecule has 0 amide bonds. The van der Waals surface area contributed by atoms with Crippen LogP contribution in [0.1, 0.15) is 69.9 Å². The fraction of sp³-hybridized carbons (Fsp3) is 0.708. The van der Waals surface area contributed by atoms with Crippen molar-refractivity contribution in [3.05, 3.63) is 23.3 Å². The monoisotopic (exact) mass is 401 g/mol. The van der Waals surface area contributed by atoms with E-state index in [2.05, 4.69) is 31.9 Å². The molecule has 5 heteroatoms. The van der Waals surface area contributed by atoms with Gasteiger partial charge in [-0.2, -0.15) is 0 Å². The Morgan fingerprint density at radius 3 is 2.93 bits per heavy atom. The number of unbranched alkanes of at least 4 members (excludes halogenated alkanes) is 1. The maximum Gasteiger partial charge on any atom is 0.306 e. The first kappa shape index (κ1) is 20.5. The van der Waals surface area contributed by atoms with E-state index in [1.54, 1.807) is 7.11 Å². The average Bonchev–Trinajstić information content (AvgIpc) is 2.86. The molecule has 1 fully saturated rings. The van der Waals surface area contributed by atoms with Crippen molar-refractivity contribution in [1.82, 2.24) is 4.90 Å². The van der Waals surface area contributed by atoms with Crippen LogP contribution in [0.15, 0.2) is 12.1 Å². The summed E-state index contributed by atoms with van der Waals surface area (Å²) >= 11 is 0. The summed E-state index contributed by atoms with van der Waals surface area (Å²) < 4.78 is 18.2. The molecule has 4 rings (SSSR count). The Kier molecular flexibility index (Phi) is 5.78. The zero-order valence-electron chi connectivity index (χ0n) is 18.3. The SMILES string of the molecule is CCCCC(=O)O[C@H]1CCC(C)[C@@]23CCN(C)Cc4ccc(OC)c(c42)O[C@H]3C1. The minimum atomic E-state index is -0.0603. The van der Waals surface area contributed by atoms with Crippen molar-refractivity contribution in [2.45, 2.75) is 83.0 Å². The highest BCUT2D eigenvalue weighted by molar-refractivity contribution is 5.69. The lowest BCUT2D eigenvalue weighted by atomic mass is 9.64. The molecule has 0 radical (unpaired) electrons. The molecule has 5 nitrogen and oxygen atoms in total. The molecular weight excluding hydrogens is 366 g/mol. The normalized spacial score (nSPS) is 31.1. The van der Waals surface area contributed by atoms with Crippen molar-refractivity contribution in [1.29, 1.82) is 0 Å². The third-order valence-corrected chi connectivity index (χ3v) is 7.39. The van der Waals surface area contributed by atoms with E-state index in [1.807, 2.05) is 6.07 Å². The number of nitrogens with zero attached hydrogens (tertiary/aromatic N) is 1. The molecule has 1 saturated carbocycles. The second kappa shape index (κ2) is 8.17. The van der Waals surface area contributed by atoms with Crippen molar-refractivity contribution >= 4 is 5.97 Å². The average molecular weight is 402 g/mol. The fourth-order valence-electron chi connectivity index (χ4n) is 5.76. The second-order valence-corrected chi connectivity index (χ2v) is 9.20. The van der Waals surface area contributed by atoms with Gasteiger partial charge in [0.1, 0.15) is 12.2 Å². The summed E-state index contributed by atoms with van der Waals surface area (Å²) in [5, 5.41) is 0. The van der Waals surface area contributed by atoms with Crippen LogP contribution >= 0.6 is 0 Å². The Hall–Kier alpha value is -1.75. The van der Waals surface area contributed by atoms with Gasteiger partial charge in [-0.3, -0.25) is 4.79 Å². The minimum absolute atomic E-state index is 0.0283. The molecule has 1 aromatic rings. The molecule has 160 valence electrons. The molecule has 0 aromatic heterocycles. The predicted octanol–water partition coefficient (Wildman–Crippen LogP) is 4.45. The minimum Gasteiger partial charge on any atom is -0.493 e. The zero-order chi connectivity index (χ0) is 20.6. The van der Waals surface area contributed by atoms with Crippen LogP contribution in [-0.2, 0) is 21.5 Å². The molecule has 29 heavy (non-hydrogen) atoms. The molecule has 3 aliphatic rings. The van der Waals surface area contributed by atoms with E-state index in [1.165, 1.54) is 11.1 Å². The third-order valence-electron chi connectivity index (χ3n) is 7.39. The van der Waals surface area contributed by atoms with Crippen molar-refractivity contribution in [2.24, 2.45) is 5.92 Å². The van der Waals surface area contributed by atoms with Gasteiger partial charge < -0.3 is 19.1 Å². The van der Waals surface area contributed by atoms with Gasteiger partial charge in [0.15, 0.2) is 11.5 Å². The highest BCUT2D eigenvalue weighted by atomic mass is 16.6. The number of rotatable bonds is 5. The highest BCUT2D eigenvalue weighted by Gasteiger charge is 2.56. The van der Waals surface area contributed by atoms with Crippen molar-refractivity contribution in [3.63, 3.8) is 0 Å². The number of esters is 1. The van der Waals surface area contributed by atoms with Crippen LogP contribution in [-0.4, -0.2) is 43.8 Å². The number of hydrogen-bond donors (Lipinski definition) is 0. The lowest BCUT2D eigenvalue weighted by molar-refractivity contribution is -0.150. The maximum atomic E-state index is 12.3. The van der Waals surface area contributed by atoms with Crippen LogP contribution in [0, 0.1) is 5.92 Å². The zero-order valence-corrected chi connectivity index (χ0v) is 18.3. The molecule has 2 heterocycles. The number of carbonyl (C=O) groups is 1. The molecule has 0 saturated heterocycles. The Bertz CT molecular complexity index is 763. The molecule has 1 aromatic carbocycles. The first-order valence-corrected chi connectivity index (χ1v) is 11.2. The largest absolute Gasteiger partial charge is 0.493 e. The van der Waals surface area contributed by atoms with E-state index < -0.39 is 0 Å². The van der Waals surface area contributed by atoms with Gasteiger partial charge in [-0.1, -0.05) is 26.3 Å². The number of methoxy groups -OCH3 is 1. The van der Waals surface area contributed by atoms with E-state index in [4.69, 9.17) is 14.2 Å². The molecule has 2 aliphatic heterocycles. The summed E-state index contributed by atoms with van der Waals surface area (Å²) in [5.74, 6) is 2.15. The quantitative estimate of drug-likeness (QED) is 0.682. The summed E-state index contributed by atoms with van der Waals surface area (Å²) in [4.78, 5) is 14.7. The first-order chi connectivity index (χ1) is 14.0. The van der Waals surface area contributed by atoms with Crippen LogP contribution in [0.5, 0.6) is 11.5 Å². The molecule has 0 N–H and O–H groups in total. The standard InChI is InChI=1S/C24H35NO4/c1-5-6-7-21(26)28-18-10-8-16(2)24-12-13-25(3)15-17-9-11-19(27-4)23(22(17)24)29-20(24)14-18/h9,11,16,18,20H,5-8,10,12-15H2,1-4H3/t16?,18-,20-,24+/m0/s1. The summed E-state index contributed by atoms with van der Waals surface area (Å²) in [7, 11) is 3.91. The van der Waals surface area contributed by atoms with Crippen molar-refractivity contribution < 1.29 is 19.0 Å². The van der Waals surface area contributed by atoms with E-state index in [0.717, 1.165) is 63.1 Å². The Morgan fingerprint density at radius 2 is 2.17 bits per heavy atom. The van der Waals surface area contributed by atoms with Crippen LogP contribution in [0.2, 0.25) is 0 Å². The predicted molar refractivity (Wildman–Crippen MR) is 112 cm³/mol. The van der Waals surface area contributed by atoms with Crippen LogP contribution in [0.25, 0.3) is 0 Å². The Morgan fingerprint density at radius 1 is 1.34 bits per heavy atom. The summed E-state index contributed by atoms with van der Waals surface area (Å²) in [6.45, 7) is 6.44. The van der Waals surface area contributed by atoms with Gasteiger partial charge in [0.2, 0.25) is 0 Å². The van der Waals surface area contributed by atoms with Gasteiger partial charge in [0, 0.05) is 30.4 Å². The van der Waals surface area contributed by atoms with E-state index in [9.17, 15) is 4.79 Å². The van der Waals surface area contributed by atoms with Gasteiger partial charge in [0.25, 0.3) is 0 Å². The topological polar surface area (TPSA) is 48.0 Å². The van der Waals surface area contributed by atoms with E-state index in [-0.39, 0.29) is 23.6 Å². The third kappa shape index (κ3) is 3.52. The fourth-order valence-corrected chi connectivity index (χ4v) is 5.76. The molecule has 1 spiro atoms. The lowest BCUT2D eigenvalue weighted by Crippen LogP contribution is -2.44. The lowest BCUT2D eigenvalue weighted by Gasteiger charge is -2.38. The molecule has 1 unspecified atom stereocenters. The molecular formula is C24H35NO4. The number of carbonyl (C=O) groups excluding carboxylic acids is 1. The Balaban J connectivity index is 1.69. The summed E-state index contributed by atoms with van der Waals surface area (Å²) in [6, 6.07) is 4.26. The van der Waals surface area contributed by atoms with Crippen LogP contribution < -0.4 is 9.47 Å². The number of benzene rings is 1. The molecule has 4 atom stereocenters. The van der Waals surface area contributed by atoms with Crippen molar-refractivity contribution in [2.75, 3.05) is 20.7 Å². The van der Waals surface area contributed by atoms with Crippen LogP contribution in [0.4, 0.5) is 0 Å². The Labute approximate surface area is 174 Å². The highest BCUT2D eigenvalue weighted by Crippen LogP contribution is 2.58. The summed E-state index contributed by atoms with van der Waals surface area (Å²) in [5.41, 5.74) is 2.68. The van der Waals surface area contributed by atoms with Crippen molar-refractivity contribution in [3.8, 4) is 11.5 Å². The van der Waals surface area contributed by atoms with E-state index >= 15 is 0 Å². The summed E-state index contributed by atoms with van der Waals surface area (Å²) in [6.07, 6.45) is 6.19. The van der Waals surface area contributed by atoms with Crippen LogP contribution in [0.3, 0.4) is 0 Å². The maximum absolute atomic E-state index is 12.3. The molecule has 0 bridgehead atoms. The van der Waals surface area contributed by atoms with Gasteiger partial charge in [-0.25, -0.2) is 0 Å².